The molecule has 0 aliphatic rings. The predicted octanol–water partition coefficient (Wildman–Crippen LogP) is -6.01. The number of aryl methyl sites for hydroxylation is 4. The molecular formula is C18H18MgN8O8. The Morgan fingerprint density at radius 2 is 1.03 bits per heavy atom. The maximum Gasteiger partial charge on any atom is 2.00 e. The summed E-state index contributed by atoms with van der Waals surface area (Å²) in [5, 5.41) is 21.0. The first kappa shape index (κ1) is 27.3. The van der Waals surface area contributed by atoms with Gasteiger partial charge in [0.1, 0.15) is 0 Å². The summed E-state index contributed by atoms with van der Waals surface area (Å²) >= 11 is 0. The van der Waals surface area contributed by atoms with Crippen LogP contribution in [0.15, 0.2) is 31.8 Å². The number of fused-ring (bicyclic) bond motifs is 2. The van der Waals surface area contributed by atoms with Crippen molar-refractivity contribution in [3.05, 3.63) is 54.3 Å². The largest absolute Gasteiger partial charge is 2.00 e. The SMILES string of the molecule is Cn1cnc2c1c(=O)n(CC(=O)[O-])c(=O)n2C.Cn1cnc2c1c(=O)n(CC(=O)[O-])c(=O)n2C.[Mg+2]. The van der Waals surface area contributed by atoms with Gasteiger partial charge in [-0.05, 0) is 0 Å². The van der Waals surface area contributed by atoms with E-state index >= 15 is 0 Å². The maximum absolute atomic E-state index is 11.9. The molecule has 0 saturated carbocycles. The molecule has 0 aliphatic heterocycles. The van der Waals surface area contributed by atoms with Crippen LogP contribution < -0.4 is 32.7 Å². The van der Waals surface area contributed by atoms with Gasteiger partial charge in [0.25, 0.3) is 11.1 Å². The van der Waals surface area contributed by atoms with Gasteiger partial charge in [-0.3, -0.25) is 27.9 Å². The van der Waals surface area contributed by atoms with Gasteiger partial charge < -0.3 is 28.9 Å². The third kappa shape index (κ3) is 4.80. The van der Waals surface area contributed by atoms with E-state index in [1.54, 1.807) is 14.1 Å². The Bertz CT molecular complexity index is 1570. The van der Waals surface area contributed by atoms with Crippen LogP contribution in [0.3, 0.4) is 0 Å². The van der Waals surface area contributed by atoms with Crippen molar-refractivity contribution in [2.75, 3.05) is 0 Å². The Morgan fingerprint density at radius 1 is 0.714 bits per heavy atom. The Hall–Kier alpha value is -3.99. The van der Waals surface area contributed by atoms with E-state index in [9.17, 15) is 39.0 Å². The summed E-state index contributed by atoms with van der Waals surface area (Å²) in [6, 6.07) is 0. The number of carbonyl (C=O) groups is 2. The first-order valence-electron chi connectivity index (χ1n) is 9.48. The van der Waals surface area contributed by atoms with Crippen molar-refractivity contribution in [1.82, 2.24) is 37.4 Å². The van der Waals surface area contributed by atoms with Crippen LogP contribution in [0.5, 0.6) is 0 Å². The van der Waals surface area contributed by atoms with Gasteiger partial charge in [0.05, 0.1) is 37.7 Å². The summed E-state index contributed by atoms with van der Waals surface area (Å²) in [5.41, 5.74) is -2.05. The van der Waals surface area contributed by atoms with Gasteiger partial charge in [0, 0.05) is 28.2 Å². The van der Waals surface area contributed by atoms with Crippen molar-refractivity contribution < 1.29 is 19.8 Å². The molecule has 4 aromatic heterocycles. The number of carboxylic acids is 2. The van der Waals surface area contributed by atoms with Gasteiger partial charge in [-0.25, -0.2) is 19.6 Å². The van der Waals surface area contributed by atoms with Gasteiger partial charge in [0.15, 0.2) is 22.3 Å². The third-order valence-electron chi connectivity index (χ3n) is 4.98. The monoisotopic (exact) mass is 498 g/mol. The first-order chi connectivity index (χ1) is 15.9. The zero-order valence-electron chi connectivity index (χ0n) is 19.1. The molecular weight excluding hydrogens is 481 g/mol. The molecule has 0 atom stereocenters. The van der Waals surface area contributed by atoms with E-state index in [0.717, 1.165) is 9.13 Å². The minimum Gasteiger partial charge on any atom is -0.548 e. The second-order valence-corrected chi connectivity index (χ2v) is 7.27. The van der Waals surface area contributed by atoms with Crippen LogP contribution in [-0.2, 0) is 50.9 Å². The van der Waals surface area contributed by atoms with Crippen molar-refractivity contribution in [3.8, 4) is 0 Å². The van der Waals surface area contributed by atoms with Gasteiger partial charge in [-0.1, -0.05) is 0 Å². The molecule has 4 aromatic rings. The number of aromatic nitrogens is 8. The molecule has 0 bridgehead atoms. The van der Waals surface area contributed by atoms with Crippen LogP contribution in [0.2, 0.25) is 0 Å². The van der Waals surface area contributed by atoms with Crippen LogP contribution >= 0.6 is 0 Å². The summed E-state index contributed by atoms with van der Waals surface area (Å²) in [4.78, 5) is 76.1. The average molecular weight is 499 g/mol. The van der Waals surface area contributed by atoms with Gasteiger partial charge in [0.2, 0.25) is 0 Å². The molecule has 4 heterocycles. The van der Waals surface area contributed by atoms with Crippen molar-refractivity contribution in [1.29, 1.82) is 0 Å². The Balaban J connectivity index is 0.000000240. The first-order valence-corrected chi connectivity index (χ1v) is 9.48. The van der Waals surface area contributed by atoms with E-state index in [-0.39, 0.29) is 45.4 Å². The van der Waals surface area contributed by atoms with Crippen molar-refractivity contribution in [3.63, 3.8) is 0 Å². The average Bonchev–Trinajstić information content (AvgIpc) is 3.34. The zero-order valence-corrected chi connectivity index (χ0v) is 20.5. The van der Waals surface area contributed by atoms with Crippen molar-refractivity contribution >= 4 is 57.3 Å². The molecule has 0 N–H and O–H groups in total. The topological polar surface area (TPSA) is 204 Å². The molecule has 16 nitrogen and oxygen atoms in total. The Labute approximate surface area is 210 Å². The second kappa shape index (κ2) is 10.1. The number of hydrogen-bond acceptors (Lipinski definition) is 10. The van der Waals surface area contributed by atoms with Crippen LogP contribution in [0.4, 0.5) is 0 Å². The number of rotatable bonds is 4. The smallest absolute Gasteiger partial charge is 0.548 e. The van der Waals surface area contributed by atoms with Crippen LogP contribution in [0.1, 0.15) is 0 Å². The molecule has 0 unspecified atom stereocenters. The number of nitrogens with zero attached hydrogens (tertiary/aromatic N) is 8. The van der Waals surface area contributed by atoms with Crippen LogP contribution in [0, 0.1) is 0 Å². The molecule has 0 aliphatic carbocycles. The van der Waals surface area contributed by atoms with Crippen molar-refractivity contribution in [2.45, 2.75) is 13.1 Å². The predicted molar refractivity (Wildman–Crippen MR) is 116 cm³/mol. The van der Waals surface area contributed by atoms with Gasteiger partial charge in [-0.2, -0.15) is 0 Å². The van der Waals surface area contributed by atoms with E-state index in [0.29, 0.717) is 9.13 Å². The summed E-state index contributed by atoms with van der Waals surface area (Å²) in [7, 11) is 6.01. The summed E-state index contributed by atoms with van der Waals surface area (Å²) < 4.78 is 6.34. The molecule has 0 saturated heterocycles. The van der Waals surface area contributed by atoms with Gasteiger partial charge in [-0.15, -0.1) is 0 Å². The van der Waals surface area contributed by atoms with E-state index in [4.69, 9.17) is 0 Å². The molecule has 35 heavy (non-hydrogen) atoms. The molecule has 0 amide bonds. The minimum absolute atomic E-state index is 0. The van der Waals surface area contributed by atoms with Crippen molar-refractivity contribution in [2.24, 2.45) is 28.2 Å². The molecule has 4 rings (SSSR count). The van der Waals surface area contributed by atoms with Crippen LogP contribution in [-0.4, -0.2) is 72.4 Å². The summed E-state index contributed by atoms with van der Waals surface area (Å²) in [6.45, 7) is -1.54. The standard InChI is InChI=1S/2C9H10N4O4.Mg/c2*1-11-4-10-7-6(11)8(16)13(3-5(14)15)9(17)12(7)2;/h2*4H,3H2,1-2H3,(H,14,15);/q;;+2/p-2. The molecule has 180 valence electrons. The maximum atomic E-state index is 11.9. The summed E-state index contributed by atoms with van der Waals surface area (Å²) in [6.07, 6.45) is 2.77. The fraction of sp³-hybridized carbons (Fsp3) is 0.333. The zero-order chi connectivity index (χ0) is 25.5. The number of imidazole rings is 2. The minimum atomic E-state index is -1.49. The molecule has 0 fully saturated rings. The quantitative estimate of drug-likeness (QED) is 0.243. The Morgan fingerprint density at radius 3 is 1.31 bits per heavy atom. The van der Waals surface area contributed by atoms with E-state index < -0.39 is 47.5 Å². The molecule has 17 heteroatoms. The molecule has 0 radical (unpaired) electrons. The number of carboxylic acid groups (broad SMARTS) is 2. The number of aliphatic carboxylic acids is 2. The normalized spacial score (nSPS) is 10.6. The third-order valence-corrected chi connectivity index (χ3v) is 4.98. The second-order valence-electron chi connectivity index (χ2n) is 7.27. The number of carbonyl (C=O) groups excluding carboxylic acids is 2. The van der Waals surface area contributed by atoms with E-state index in [1.807, 2.05) is 0 Å². The van der Waals surface area contributed by atoms with Crippen LogP contribution in [0.25, 0.3) is 22.3 Å². The molecule has 0 spiro atoms. The summed E-state index contributed by atoms with van der Waals surface area (Å²) in [5.74, 6) is -2.99. The van der Waals surface area contributed by atoms with Gasteiger partial charge >= 0.3 is 34.4 Å². The van der Waals surface area contributed by atoms with E-state index in [2.05, 4.69) is 9.97 Å². The fourth-order valence-electron chi connectivity index (χ4n) is 3.33. The Kier molecular flexibility index (Phi) is 7.86. The number of hydrogen-bond donors (Lipinski definition) is 0. The molecule has 0 aromatic carbocycles. The van der Waals surface area contributed by atoms with E-state index in [1.165, 1.54) is 35.9 Å². The fourth-order valence-corrected chi connectivity index (χ4v) is 3.33.